The molecule has 3 aromatic rings. The molecule has 0 spiro atoms. The second kappa shape index (κ2) is 13.8. The molecule has 1 aliphatic heterocycles. The molecule has 11 heteroatoms. The molecule has 41 heavy (non-hydrogen) atoms. The van der Waals surface area contributed by atoms with Crippen molar-refractivity contribution in [3.8, 4) is 0 Å². The largest absolute Gasteiger partial charge is 0.462 e. The van der Waals surface area contributed by atoms with Crippen molar-refractivity contribution in [2.45, 2.75) is 25.8 Å². The Kier molecular flexibility index (Phi) is 10.3. The monoisotopic (exact) mass is 589 g/mol. The molecule has 1 aliphatic rings. The molecule has 1 atom stereocenters. The lowest BCUT2D eigenvalue weighted by atomic mass is 10.1. The van der Waals surface area contributed by atoms with Crippen molar-refractivity contribution in [2.24, 2.45) is 0 Å². The van der Waals surface area contributed by atoms with Crippen LogP contribution in [0.25, 0.3) is 0 Å². The molecule has 1 N–H and O–H groups in total. The molecule has 2 amide bonds. The molecule has 0 radical (unpaired) electrons. The number of hydrogen-bond acceptors (Lipinski definition) is 5. The van der Waals surface area contributed by atoms with E-state index < -0.39 is 17.7 Å². The van der Waals surface area contributed by atoms with Crippen molar-refractivity contribution in [2.75, 3.05) is 44.6 Å². The lowest BCUT2D eigenvalue weighted by Gasteiger charge is -2.36. The fraction of sp³-hybridized carbons (Fsp3) is 0.333. The summed E-state index contributed by atoms with van der Waals surface area (Å²) in [6.45, 7) is 4.82. The average molecular weight is 590 g/mol. The lowest BCUT2D eigenvalue weighted by molar-refractivity contribution is -0.137. The van der Waals surface area contributed by atoms with Crippen LogP contribution in [0.4, 0.5) is 23.7 Å². The summed E-state index contributed by atoms with van der Waals surface area (Å²) in [6, 6.07) is 18.5. The van der Waals surface area contributed by atoms with Gasteiger partial charge in [-0.2, -0.15) is 13.2 Å². The number of ether oxygens (including phenoxy) is 2. The topological polar surface area (TPSA) is 71.1 Å². The molecule has 1 heterocycles. The molecule has 0 aromatic heterocycles. The molecular weight excluding hydrogens is 559 g/mol. The highest BCUT2D eigenvalue weighted by Gasteiger charge is 2.30. The number of esters is 1. The van der Waals surface area contributed by atoms with Crippen molar-refractivity contribution >= 4 is 29.3 Å². The predicted octanol–water partition coefficient (Wildman–Crippen LogP) is 6.64. The van der Waals surface area contributed by atoms with E-state index >= 15 is 0 Å². The SMILES string of the molecule is CCOC(=O)c1cccc(NC(=O)N2CCN(C[C@@H](OCc3ccc(C(F)(F)F)cc3)c3ccc(Cl)cc3)CC2)c1. The number of carbonyl (C=O) groups is 2. The molecule has 0 saturated carbocycles. The fourth-order valence-electron chi connectivity index (χ4n) is 4.43. The van der Waals surface area contributed by atoms with E-state index in [9.17, 15) is 22.8 Å². The van der Waals surface area contributed by atoms with Gasteiger partial charge in [0, 0.05) is 43.4 Å². The first-order valence-electron chi connectivity index (χ1n) is 13.2. The van der Waals surface area contributed by atoms with Gasteiger partial charge in [-0.3, -0.25) is 4.90 Å². The molecule has 218 valence electrons. The van der Waals surface area contributed by atoms with Gasteiger partial charge in [-0.05, 0) is 60.5 Å². The van der Waals surface area contributed by atoms with E-state index in [4.69, 9.17) is 21.1 Å². The van der Waals surface area contributed by atoms with Crippen LogP contribution in [-0.4, -0.2) is 61.1 Å². The van der Waals surface area contributed by atoms with E-state index in [1.807, 2.05) is 12.1 Å². The summed E-state index contributed by atoms with van der Waals surface area (Å²) in [5.74, 6) is -0.451. The molecule has 4 rings (SSSR count). The summed E-state index contributed by atoms with van der Waals surface area (Å²) in [5, 5.41) is 3.43. The van der Waals surface area contributed by atoms with Gasteiger partial charge in [-0.1, -0.05) is 41.9 Å². The van der Waals surface area contributed by atoms with Gasteiger partial charge in [-0.15, -0.1) is 0 Å². The van der Waals surface area contributed by atoms with Crippen LogP contribution in [0.1, 0.15) is 40.1 Å². The highest BCUT2D eigenvalue weighted by molar-refractivity contribution is 6.30. The molecule has 0 aliphatic carbocycles. The minimum absolute atomic E-state index is 0.138. The number of amides is 2. The van der Waals surface area contributed by atoms with E-state index in [2.05, 4.69) is 10.2 Å². The van der Waals surface area contributed by atoms with Gasteiger partial charge in [0.25, 0.3) is 0 Å². The number of nitrogens with zero attached hydrogens (tertiary/aromatic N) is 2. The zero-order valence-electron chi connectivity index (χ0n) is 22.5. The zero-order chi connectivity index (χ0) is 29.4. The van der Waals surface area contributed by atoms with Gasteiger partial charge in [0.1, 0.15) is 0 Å². The molecule has 0 bridgehead atoms. The highest BCUT2D eigenvalue weighted by Crippen LogP contribution is 2.30. The number of alkyl halides is 3. The Morgan fingerprint density at radius 3 is 2.29 bits per heavy atom. The summed E-state index contributed by atoms with van der Waals surface area (Å²) in [6.07, 6.45) is -4.75. The summed E-state index contributed by atoms with van der Waals surface area (Å²) in [4.78, 5) is 28.8. The Labute approximate surface area is 241 Å². The Morgan fingerprint density at radius 2 is 1.66 bits per heavy atom. The summed E-state index contributed by atoms with van der Waals surface area (Å²) < 4.78 is 49.9. The van der Waals surface area contributed by atoms with Crippen molar-refractivity contribution in [3.05, 3.63) is 100 Å². The summed E-state index contributed by atoms with van der Waals surface area (Å²) >= 11 is 6.07. The number of anilines is 1. The van der Waals surface area contributed by atoms with E-state index in [1.54, 1.807) is 48.2 Å². The molecule has 0 unspecified atom stereocenters. The minimum atomic E-state index is -4.39. The summed E-state index contributed by atoms with van der Waals surface area (Å²) in [5.41, 5.74) is 1.68. The Morgan fingerprint density at radius 1 is 0.976 bits per heavy atom. The Bertz CT molecular complexity index is 1310. The van der Waals surface area contributed by atoms with Gasteiger partial charge in [0.05, 0.1) is 30.4 Å². The van der Waals surface area contributed by atoms with Crippen LogP contribution < -0.4 is 5.32 Å². The average Bonchev–Trinajstić information content (AvgIpc) is 2.96. The first-order chi connectivity index (χ1) is 19.6. The van der Waals surface area contributed by atoms with E-state index in [0.717, 1.165) is 17.7 Å². The zero-order valence-corrected chi connectivity index (χ0v) is 23.3. The number of rotatable bonds is 9. The van der Waals surface area contributed by atoms with Crippen LogP contribution in [0.2, 0.25) is 5.02 Å². The maximum absolute atomic E-state index is 12.9. The van der Waals surface area contributed by atoms with Crippen LogP contribution in [0.5, 0.6) is 0 Å². The second-order valence-electron chi connectivity index (χ2n) is 9.56. The second-order valence-corrected chi connectivity index (χ2v) is 10.0. The van der Waals surface area contributed by atoms with Crippen molar-refractivity contribution in [3.63, 3.8) is 0 Å². The third-order valence-corrected chi connectivity index (χ3v) is 6.93. The summed E-state index contributed by atoms with van der Waals surface area (Å²) in [7, 11) is 0. The van der Waals surface area contributed by atoms with E-state index in [1.165, 1.54) is 12.1 Å². The number of carbonyl (C=O) groups excluding carboxylic acids is 2. The number of urea groups is 1. The number of halogens is 4. The van der Waals surface area contributed by atoms with Crippen LogP contribution in [0, 0.1) is 0 Å². The quantitative estimate of drug-likeness (QED) is 0.283. The standard InChI is InChI=1S/C30H31ClF3N3O4/c1-2-40-28(38)23-4-3-5-26(18-23)35-29(39)37-16-14-36(15-17-37)19-27(22-8-12-25(31)13-9-22)41-20-21-6-10-24(11-7-21)30(32,33)34/h3-13,18,27H,2,14-17,19-20H2,1H3,(H,35,39)/t27-/m1/s1. The van der Waals surface area contributed by atoms with Crippen molar-refractivity contribution < 1.29 is 32.2 Å². The molecular formula is C30H31ClF3N3O4. The third-order valence-electron chi connectivity index (χ3n) is 6.68. The fourth-order valence-corrected chi connectivity index (χ4v) is 4.55. The predicted molar refractivity (Wildman–Crippen MR) is 150 cm³/mol. The molecule has 7 nitrogen and oxygen atoms in total. The number of benzene rings is 3. The Balaban J connectivity index is 1.34. The maximum Gasteiger partial charge on any atom is 0.416 e. The van der Waals surface area contributed by atoms with Gasteiger partial charge in [0.2, 0.25) is 0 Å². The first-order valence-corrected chi connectivity index (χ1v) is 13.6. The van der Waals surface area contributed by atoms with Gasteiger partial charge < -0.3 is 19.7 Å². The van der Waals surface area contributed by atoms with Crippen LogP contribution in [0.3, 0.4) is 0 Å². The first kappa shape index (κ1) is 30.4. The number of piperazine rings is 1. The minimum Gasteiger partial charge on any atom is -0.462 e. The number of hydrogen-bond donors (Lipinski definition) is 1. The third kappa shape index (κ3) is 8.69. The molecule has 1 fully saturated rings. The lowest BCUT2D eigenvalue weighted by Crippen LogP contribution is -2.50. The maximum atomic E-state index is 12.9. The normalized spacial score (nSPS) is 14.9. The van der Waals surface area contributed by atoms with Crippen LogP contribution in [0.15, 0.2) is 72.8 Å². The number of nitrogens with one attached hydrogen (secondary N) is 1. The molecule has 1 saturated heterocycles. The smallest absolute Gasteiger partial charge is 0.416 e. The van der Waals surface area contributed by atoms with Crippen molar-refractivity contribution in [1.82, 2.24) is 9.80 Å². The van der Waals surface area contributed by atoms with Crippen LogP contribution >= 0.6 is 11.6 Å². The van der Waals surface area contributed by atoms with E-state index in [-0.39, 0.29) is 25.3 Å². The van der Waals surface area contributed by atoms with Crippen LogP contribution in [-0.2, 0) is 22.3 Å². The highest BCUT2D eigenvalue weighted by atomic mass is 35.5. The molecule has 3 aromatic carbocycles. The van der Waals surface area contributed by atoms with Gasteiger partial charge >= 0.3 is 18.2 Å². The van der Waals surface area contributed by atoms with Gasteiger partial charge in [0.15, 0.2) is 0 Å². The van der Waals surface area contributed by atoms with Crippen molar-refractivity contribution in [1.29, 1.82) is 0 Å². The Hall–Kier alpha value is -3.60. The van der Waals surface area contributed by atoms with E-state index in [0.29, 0.717) is 54.6 Å². The van der Waals surface area contributed by atoms with Gasteiger partial charge in [-0.25, -0.2) is 9.59 Å².